The van der Waals surface area contributed by atoms with Gasteiger partial charge in [0.1, 0.15) is 17.4 Å². The Kier molecular flexibility index (Phi) is 9.39. The molecule has 1 aliphatic rings. The van der Waals surface area contributed by atoms with Crippen LogP contribution in [-0.4, -0.2) is 39.0 Å². The first-order chi connectivity index (χ1) is 17.8. The standard InChI is InChI=1S/C25H28Cl2N4O4S2/c1-4-31-20(12-35-18-9-7-15(26)11-17(18)27)29-30-25(31)36-13-21(32)28-23-22(24(33)34-5-2)16-8-6-14(3)10-19(16)37-23/h7,9,11,14H,4-6,8,10,12-13H2,1-3H3,(H,28,32). The van der Waals surface area contributed by atoms with Crippen LogP contribution in [-0.2, 0) is 35.5 Å². The number of anilines is 1. The summed E-state index contributed by atoms with van der Waals surface area (Å²) in [5, 5.41) is 13.5. The van der Waals surface area contributed by atoms with E-state index in [9.17, 15) is 9.59 Å². The quantitative estimate of drug-likeness (QED) is 0.222. The smallest absolute Gasteiger partial charge is 0.341 e. The molecule has 1 N–H and O–H groups in total. The summed E-state index contributed by atoms with van der Waals surface area (Å²) in [7, 11) is 0. The van der Waals surface area contributed by atoms with Gasteiger partial charge in [-0.1, -0.05) is 41.9 Å². The summed E-state index contributed by atoms with van der Waals surface area (Å²) in [5.74, 6) is 1.17. The number of esters is 1. The highest BCUT2D eigenvalue weighted by molar-refractivity contribution is 7.99. The zero-order valence-corrected chi connectivity index (χ0v) is 24.0. The van der Waals surface area contributed by atoms with Crippen molar-refractivity contribution in [1.82, 2.24) is 14.8 Å². The predicted molar refractivity (Wildman–Crippen MR) is 147 cm³/mol. The number of thiophene rings is 1. The number of rotatable bonds is 10. The number of hydrogen-bond acceptors (Lipinski definition) is 8. The third-order valence-corrected chi connectivity index (χ3v) is 8.60. The minimum absolute atomic E-state index is 0.114. The van der Waals surface area contributed by atoms with Gasteiger partial charge in [0.2, 0.25) is 5.91 Å². The molecule has 0 bridgehead atoms. The Hall–Kier alpha value is -2.27. The monoisotopic (exact) mass is 582 g/mol. The highest BCUT2D eigenvalue weighted by Crippen LogP contribution is 2.40. The van der Waals surface area contributed by atoms with Gasteiger partial charge in [0, 0.05) is 16.4 Å². The molecule has 0 spiro atoms. The molecule has 3 aromatic rings. The third kappa shape index (κ3) is 6.60. The van der Waals surface area contributed by atoms with E-state index in [1.807, 2.05) is 11.5 Å². The lowest BCUT2D eigenvalue weighted by atomic mass is 9.88. The number of halogens is 2. The summed E-state index contributed by atoms with van der Waals surface area (Å²) in [6.07, 6.45) is 2.74. The predicted octanol–water partition coefficient (Wildman–Crippen LogP) is 6.28. The molecule has 1 atom stereocenters. The highest BCUT2D eigenvalue weighted by atomic mass is 35.5. The van der Waals surface area contributed by atoms with Crippen LogP contribution in [0.25, 0.3) is 0 Å². The lowest BCUT2D eigenvalue weighted by Crippen LogP contribution is -2.18. The van der Waals surface area contributed by atoms with Crippen LogP contribution in [0.4, 0.5) is 5.00 Å². The van der Waals surface area contributed by atoms with E-state index in [1.165, 1.54) is 23.1 Å². The topological polar surface area (TPSA) is 95.3 Å². The molecule has 0 saturated carbocycles. The first kappa shape index (κ1) is 27.8. The molecule has 198 valence electrons. The van der Waals surface area contributed by atoms with Gasteiger partial charge in [-0.3, -0.25) is 4.79 Å². The van der Waals surface area contributed by atoms with Gasteiger partial charge in [-0.05, 0) is 62.8 Å². The number of carbonyl (C=O) groups is 2. The molecule has 8 nitrogen and oxygen atoms in total. The van der Waals surface area contributed by atoms with Crippen molar-refractivity contribution in [3.8, 4) is 5.75 Å². The van der Waals surface area contributed by atoms with Crippen LogP contribution in [0.1, 0.15) is 53.8 Å². The maximum Gasteiger partial charge on any atom is 0.341 e. The Labute approximate surface area is 234 Å². The minimum atomic E-state index is -0.381. The maximum absolute atomic E-state index is 12.9. The van der Waals surface area contributed by atoms with Crippen LogP contribution in [0.5, 0.6) is 5.75 Å². The van der Waals surface area contributed by atoms with E-state index < -0.39 is 0 Å². The Morgan fingerprint density at radius 2 is 2.08 bits per heavy atom. The van der Waals surface area contributed by atoms with Gasteiger partial charge >= 0.3 is 5.97 Å². The summed E-state index contributed by atoms with van der Waals surface area (Å²) in [6, 6.07) is 5.01. The van der Waals surface area contributed by atoms with E-state index in [0.29, 0.717) is 49.8 Å². The molecule has 0 aliphatic heterocycles. The third-order valence-electron chi connectivity index (χ3n) is 5.94. The van der Waals surface area contributed by atoms with Gasteiger partial charge in [0.05, 0.1) is 22.9 Å². The highest BCUT2D eigenvalue weighted by Gasteiger charge is 2.29. The van der Waals surface area contributed by atoms with Crippen LogP contribution in [0.15, 0.2) is 23.4 Å². The van der Waals surface area contributed by atoms with E-state index in [4.69, 9.17) is 32.7 Å². The Morgan fingerprint density at radius 1 is 1.27 bits per heavy atom. The van der Waals surface area contributed by atoms with Crippen LogP contribution >= 0.6 is 46.3 Å². The second-order valence-corrected chi connectivity index (χ2v) is 11.5. The number of fused-ring (bicyclic) bond motifs is 1. The van der Waals surface area contributed by atoms with E-state index in [2.05, 4.69) is 22.4 Å². The van der Waals surface area contributed by atoms with Crippen LogP contribution in [0, 0.1) is 5.92 Å². The fraction of sp³-hybridized carbons (Fsp3) is 0.440. The maximum atomic E-state index is 12.9. The molecular formula is C25H28Cl2N4O4S2. The molecule has 0 radical (unpaired) electrons. The molecule has 0 saturated heterocycles. The average Bonchev–Trinajstić information content (AvgIpc) is 3.41. The number of ether oxygens (including phenoxy) is 2. The molecule has 1 unspecified atom stereocenters. The zero-order valence-electron chi connectivity index (χ0n) is 20.8. The van der Waals surface area contributed by atoms with Gasteiger partial charge < -0.3 is 19.4 Å². The second-order valence-electron chi connectivity index (χ2n) is 8.62. The van der Waals surface area contributed by atoms with Crippen molar-refractivity contribution in [2.45, 2.75) is 58.3 Å². The first-order valence-corrected chi connectivity index (χ1v) is 14.6. The van der Waals surface area contributed by atoms with Crippen molar-refractivity contribution in [3.05, 3.63) is 50.1 Å². The van der Waals surface area contributed by atoms with Gasteiger partial charge in [-0.15, -0.1) is 21.5 Å². The van der Waals surface area contributed by atoms with E-state index in [-0.39, 0.29) is 30.8 Å². The van der Waals surface area contributed by atoms with E-state index in [0.717, 1.165) is 29.7 Å². The Balaban J connectivity index is 1.41. The molecular weight excluding hydrogens is 555 g/mol. The summed E-state index contributed by atoms with van der Waals surface area (Å²) in [6.45, 7) is 7.00. The zero-order chi connectivity index (χ0) is 26.5. The number of hydrogen-bond donors (Lipinski definition) is 1. The average molecular weight is 584 g/mol. The lowest BCUT2D eigenvalue weighted by Gasteiger charge is -2.18. The van der Waals surface area contributed by atoms with Crippen LogP contribution in [0.2, 0.25) is 10.0 Å². The molecule has 37 heavy (non-hydrogen) atoms. The number of amides is 1. The SMILES string of the molecule is CCOC(=O)c1c(NC(=O)CSc2nnc(COc3ccc(Cl)cc3Cl)n2CC)sc2c1CCC(C)C2. The van der Waals surface area contributed by atoms with Crippen molar-refractivity contribution in [2.75, 3.05) is 17.7 Å². The molecule has 1 aliphatic carbocycles. The van der Waals surface area contributed by atoms with Gasteiger partial charge in [0.25, 0.3) is 0 Å². The van der Waals surface area contributed by atoms with Crippen LogP contribution < -0.4 is 10.1 Å². The number of benzene rings is 1. The van der Waals surface area contributed by atoms with Crippen molar-refractivity contribution >= 4 is 63.2 Å². The normalized spacial score (nSPS) is 14.8. The lowest BCUT2D eigenvalue weighted by molar-refractivity contribution is -0.113. The van der Waals surface area contributed by atoms with Gasteiger partial charge in [-0.2, -0.15) is 0 Å². The summed E-state index contributed by atoms with van der Waals surface area (Å²) in [5.41, 5.74) is 1.52. The largest absolute Gasteiger partial charge is 0.484 e. The fourth-order valence-electron chi connectivity index (χ4n) is 4.14. The summed E-state index contributed by atoms with van der Waals surface area (Å²) < 4.78 is 13.0. The van der Waals surface area contributed by atoms with E-state index >= 15 is 0 Å². The molecule has 0 fully saturated rings. The number of aromatic nitrogens is 3. The van der Waals surface area contributed by atoms with Crippen molar-refractivity contribution in [1.29, 1.82) is 0 Å². The van der Waals surface area contributed by atoms with Crippen molar-refractivity contribution in [3.63, 3.8) is 0 Å². The molecule has 2 aromatic heterocycles. The number of nitrogens with one attached hydrogen (secondary N) is 1. The van der Waals surface area contributed by atoms with Gasteiger partial charge in [0.15, 0.2) is 11.0 Å². The summed E-state index contributed by atoms with van der Waals surface area (Å²) >= 11 is 14.9. The Morgan fingerprint density at radius 3 is 2.81 bits per heavy atom. The van der Waals surface area contributed by atoms with Crippen molar-refractivity contribution in [2.24, 2.45) is 5.92 Å². The molecule has 4 rings (SSSR count). The number of nitrogens with zero attached hydrogens (tertiary/aromatic N) is 3. The molecule has 2 heterocycles. The van der Waals surface area contributed by atoms with E-state index in [1.54, 1.807) is 25.1 Å². The fourth-order valence-corrected chi connectivity index (χ4v) is 6.83. The molecule has 1 amide bonds. The Bertz CT molecular complexity index is 1290. The second kappa shape index (κ2) is 12.5. The summed E-state index contributed by atoms with van der Waals surface area (Å²) in [4.78, 5) is 26.8. The van der Waals surface area contributed by atoms with Crippen LogP contribution in [0.3, 0.4) is 0 Å². The van der Waals surface area contributed by atoms with Crippen molar-refractivity contribution < 1.29 is 19.1 Å². The van der Waals surface area contributed by atoms with Gasteiger partial charge in [-0.25, -0.2) is 4.79 Å². The molecule has 1 aromatic carbocycles. The number of carbonyl (C=O) groups excluding carboxylic acids is 2. The molecule has 12 heteroatoms. The number of thioether (sulfide) groups is 1. The minimum Gasteiger partial charge on any atom is -0.484 e. The first-order valence-electron chi connectivity index (χ1n) is 12.0.